The maximum atomic E-state index is 3.81. The van der Waals surface area contributed by atoms with E-state index in [-0.39, 0.29) is 0 Å². The first-order valence-electron chi connectivity index (χ1n) is 8.35. The maximum Gasteiger partial charge on any atom is 0.0338 e. The number of nitrogens with one attached hydrogen (secondary N) is 1. The highest BCUT2D eigenvalue weighted by Crippen LogP contribution is 2.44. The number of hydrogen-bond donors (Lipinski definition) is 1. The largest absolute Gasteiger partial charge is 0.311 e. The molecule has 3 heteroatoms. The van der Waals surface area contributed by atoms with Crippen LogP contribution in [0.2, 0.25) is 0 Å². The molecule has 1 aromatic rings. The fourth-order valence-electron chi connectivity index (χ4n) is 3.73. The van der Waals surface area contributed by atoms with Crippen LogP contribution in [0.25, 0.3) is 0 Å². The highest BCUT2D eigenvalue weighted by molar-refractivity contribution is 9.10. The zero-order valence-electron chi connectivity index (χ0n) is 13.2. The molecule has 3 rings (SSSR count). The number of nitrogens with zero attached hydrogens (tertiary/aromatic N) is 1. The van der Waals surface area contributed by atoms with Crippen molar-refractivity contribution in [2.75, 3.05) is 13.1 Å². The average molecular weight is 351 g/mol. The van der Waals surface area contributed by atoms with Gasteiger partial charge >= 0.3 is 0 Å². The summed E-state index contributed by atoms with van der Waals surface area (Å²) in [5.41, 5.74) is 1.75. The summed E-state index contributed by atoms with van der Waals surface area (Å²) in [5.74, 6) is 0.884. The summed E-state index contributed by atoms with van der Waals surface area (Å²) in [7, 11) is 0. The molecule has 0 amide bonds. The van der Waals surface area contributed by atoms with E-state index < -0.39 is 0 Å². The van der Waals surface area contributed by atoms with Crippen LogP contribution in [0.15, 0.2) is 28.7 Å². The van der Waals surface area contributed by atoms with Gasteiger partial charge in [-0.15, -0.1) is 0 Å². The Bertz CT molecular complexity index is 486. The van der Waals surface area contributed by atoms with Gasteiger partial charge in [-0.2, -0.15) is 0 Å². The Morgan fingerprint density at radius 3 is 2.76 bits per heavy atom. The predicted octanol–water partition coefficient (Wildman–Crippen LogP) is 4.19. The number of rotatable bonds is 5. The second-order valence-electron chi connectivity index (χ2n) is 6.97. The lowest BCUT2D eigenvalue weighted by molar-refractivity contribution is 0.0258. The second kappa shape index (κ2) is 6.39. The zero-order chi connectivity index (χ0) is 14.9. The van der Waals surface area contributed by atoms with Gasteiger partial charge < -0.3 is 5.32 Å². The Morgan fingerprint density at radius 1 is 1.33 bits per heavy atom. The zero-order valence-corrected chi connectivity index (χ0v) is 14.8. The Balaban J connectivity index is 1.78. The van der Waals surface area contributed by atoms with Gasteiger partial charge in [0.05, 0.1) is 0 Å². The summed E-state index contributed by atoms with van der Waals surface area (Å²) >= 11 is 3.72. The molecule has 1 heterocycles. The van der Waals surface area contributed by atoms with Gasteiger partial charge in [0.15, 0.2) is 0 Å². The Kier molecular flexibility index (Phi) is 4.72. The van der Waals surface area contributed by atoms with E-state index in [4.69, 9.17) is 0 Å². The lowest BCUT2D eigenvalue weighted by Gasteiger charge is -2.49. The van der Waals surface area contributed by atoms with Crippen molar-refractivity contribution in [3.8, 4) is 0 Å². The van der Waals surface area contributed by atoms with E-state index in [9.17, 15) is 0 Å². The molecule has 2 unspecified atom stereocenters. The fourth-order valence-corrected chi connectivity index (χ4v) is 4.14. The molecule has 2 nitrogen and oxygen atoms in total. The van der Waals surface area contributed by atoms with Crippen molar-refractivity contribution in [1.29, 1.82) is 0 Å². The molecule has 0 spiro atoms. The van der Waals surface area contributed by atoms with Gasteiger partial charge in [-0.1, -0.05) is 47.5 Å². The van der Waals surface area contributed by atoms with Crippen molar-refractivity contribution in [1.82, 2.24) is 10.2 Å². The van der Waals surface area contributed by atoms with Crippen LogP contribution >= 0.6 is 15.9 Å². The van der Waals surface area contributed by atoms with Crippen LogP contribution in [0.4, 0.5) is 0 Å². The summed E-state index contributed by atoms with van der Waals surface area (Å²) in [6, 6.07) is 9.33. The van der Waals surface area contributed by atoms with Gasteiger partial charge in [-0.3, -0.25) is 4.90 Å². The molecule has 0 radical (unpaired) electrons. The van der Waals surface area contributed by atoms with Crippen LogP contribution in [0, 0.1) is 5.92 Å². The first-order chi connectivity index (χ1) is 10.1. The van der Waals surface area contributed by atoms with Crippen molar-refractivity contribution in [2.45, 2.75) is 57.7 Å². The monoisotopic (exact) mass is 350 g/mol. The molecule has 1 saturated heterocycles. The lowest BCUT2D eigenvalue weighted by atomic mass is 9.88. The summed E-state index contributed by atoms with van der Waals surface area (Å²) < 4.78 is 1.24. The van der Waals surface area contributed by atoms with Crippen molar-refractivity contribution >= 4 is 15.9 Å². The first-order valence-corrected chi connectivity index (χ1v) is 9.14. The molecule has 0 bridgehead atoms. The minimum Gasteiger partial charge on any atom is -0.311 e. The summed E-state index contributed by atoms with van der Waals surface area (Å²) in [6.07, 6.45) is 5.36. The Morgan fingerprint density at radius 2 is 2.10 bits per heavy atom. The third-order valence-electron chi connectivity index (χ3n) is 5.32. The molecule has 2 aliphatic rings. The summed E-state index contributed by atoms with van der Waals surface area (Å²) in [6.45, 7) is 8.15. The molecule has 0 aromatic heterocycles. The third-order valence-corrected chi connectivity index (χ3v) is 6.10. The van der Waals surface area contributed by atoms with Crippen LogP contribution in [0.3, 0.4) is 0 Å². The maximum absolute atomic E-state index is 3.81. The van der Waals surface area contributed by atoms with Gasteiger partial charge in [-0.05, 0) is 43.7 Å². The van der Waals surface area contributed by atoms with Gasteiger partial charge in [0.25, 0.3) is 0 Å². The van der Waals surface area contributed by atoms with Crippen molar-refractivity contribution in [3.05, 3.63) is 34.3 Å². The summed E-state index contributed by atoms with van der Waals surface area (Å²) in [4.78, 5) is 2.75. The third kappa shape index (κ3) is 3.35. The van der Waals surface area contributed by atoms with E-state index in [1.54, 1.807) is 0 Å². The fraction of sp³-hybridized carbons (Fsp3) is 0.667. The minimum atomic E-state index is 0.333. The first kappa shape index (κ1) is 15.5. The molecule has 1 aliphatic heterocycles. The molecule has 1 saturated carbocycles. The average Bonchev–Trinajstić information content (AvgIpc) is 3.30. The van der Waals surface area contributed by atoms with Crippen LogP contribution in [0.5, 0.6) is 0 Å². The van der Waals surface area contributed by atoms with Crippen LogP contribution < -0.4 is 5.32 Å². The second-order valence-corrected chi connectivity index (χ2v) is 7.82. The SMILES string of the molecule is CCCC1CN(Cc2ccccc2Br)C(C)(C2CC2)CN1. The van der Waals surface area contributed by atoms with Crippen molar-refractivity contribution < 1.29 is 0 Å². The molecular formula is C18H27BrN2. The molecule has 1 N–H and O–H groups in total. The lowest BCUT2D eigenvalue weighted by Crippen LogP contribution is -2.63. The molecular weight excluding hydrogens is 324 g/mol. The van der Waals surface area contributed by atoms with Crippen LogP contribution in [-0.2, 0) is 6.54 Å². The molecule has 1 aliphatic carbocycles. The molecule has 1 aromatic carbocycles. The molecule has 2 atom stereocenters. The normalized spacial score (nSPS) is 30.5. The van der Waals surface area contributed by atoms with Crippen molar-refractivity contribution in [3.63, 3.8) is 0 Å². The van der Waals surface area contributed by atoms with Gasteiger partial charge in [0.2, 0.25) is 0 Å². The van der Waals surface area contributed by atoms with Gasteiger partial charge in [-0.25, -0.2) is 0 Å². The van der Waals surface area contributed by atoms with E-state index >= 15 is 0 Å². The topological polar surface area (TPSA) is 15.3 Å². The highest BCUT2D eigenvalue weighted by atomic mass is 79.9. The van der Waals surface area contributed by atoms with Crippen LogP contribution in [0.1, 0.15) is 45.1 Å². The number of hydrogen-bond acceptors (Lipinski definition) is 2. The quantitative estimate of drug-likeness (QED) is 0.856. The molecule has 116 valence electrons. The number of halogens is 1. The number of piperazine rings is 1. The standard InChI is InChI=1S/C18H27BrN2/c1-3-6-16-12-21(11-14-7-4-5-8-17(14)19)18(2,13-20-16)15-9-10-15/h4-5,7-8,15-16,20H,3,6,9-13H2,1-2H3. The van der Waals surface area contributed by atoms with E-state index in [1.807, 2.05) is 0 Å². The van der Waals surface area contributed by atoms with Gasteiger partial charge in [0, 0.05) is 35.7 Å². The Hall–Kier alpha value is -0.380. The Labute approximate surface area is 137 Å². The van der Waals surface area contributed by atoms with Gasteiger partial charge in [0.1, 0.15) is 0 Å². The van der Waals surface area contributed by atoms with E-state index in [0.717, 1.165) is 19.0 Å². The smallest absolute Gasteiger partial charge is 0.0338 e. The van der Waals surface area contributed by atoms with E-state index in [2.05, 4.69) is 64.3 Å². The minimum absolute atomic E-state index is 0.333. The van der Waals surface area contributed by atoms with Crippen LogP contribution in [-0.4, -0.2) is 29.6 Å². The van der Waals surface area contributed by atoms with E-state index in [0.29, 0.717) is 11.6 Å². The van der Waals surface area contributed by atoms with Crippen molar-refractivity contribution in [2.24, 2.45) is 5.92 Å². The predicted molar refractivity (Wildman–Crippen MR) is 92.4 cm³/mol. The molecule has 21 heavy (non-hydrogen) atoms. The van der Waals surface area contributed by atoms with E-state index in [1.165, 1.54) is 42.3 Å². The number of benzene rings is 1. The summed E-state index contributed by atoms with van der Waals surface area (Å²) in [5, 5.41) is 3.81. The molecule has 2 fully saturated rings. The highest BCUT2D eigenvalue weighted by Gasteiger charge is 2.48.